The minimum absolute atomic E-state index is 0.129. The summed E-state index contributed by atoms with van der Waals surface area (Å²) in [6.07, 6.45) is 3.25. The van der Waals surface area contributed by atoms with E-state index in [1.807, 2.05) is 54.6 Å². The zero-order valence-corrected chi connectivity index (χ0v) is 17.3. The maximum absolute atomic E-state index is 12.3. The van der Waals surface area contributed by atoms with Crippen LogP contribution in [0.5, 0.6) is 5.75 Å². The predicted octanol–water partition coefficient (Wildman–Crippen LogP) is 5.08. The number of benzene rings is 3. The fourth-order valence-corrected chi connectivity index (χ4v) is 3.43. The Morgan fingerprint density at radius 1 is 0.900 bits per heavy atom. The Kier molecular flexibility index (Phi) is 7.69. The molecule has 3 aromatic carbocycles. The van der Waals surface area contributed by atoms with E-state index in [9.17, 15) is 9.59 Å². The monoisotopic (exact) mass is 418 g/mol. The molecule has 0 spiro atoms. The van der Waals surface area contributed by atoms with E-state index >= 15 is 0 Å². The van der Waals surface area contributed by atoms with Crippen molar-refractivity contribution in [1.82, 2.24) is 0 Å². The molecule has 0 saturated heterocycles. The van der Waals surface area contributed by atoms with Gasteiger partial charge in [0.25, 0.3) is 0 Å². The first-order valence-electron chi connectivity index (χ1n) is 9.34. The van der Waals surface area contributed by atoms with Crippen molar-refractivity contribution in [1.29, 1.82) is 0 Å². The van der Waals surface area contributed by atoms with Crippen molar-refractivity contribution < 1.29 is 14.3 Å². The average molecular weight is 419 g/mol. The van der Waals surface area contributed by atoms with E-state index in [-0.39, 0.29) is 17.6 Å². The molecule has 0 radical (unpaired) electrons. The third kappa shape index (κ3) is 6.53. The number of ether oxygens (including phenoxy) is 1. The van der Waals surface area contributed by atoms with Crippen LogP contribution in [0.1, 0.15) is 5.56 Å². The number of methoxy groups -OCH3 is 1. The lowest BCUT2D eigenvalue weighted by molar-refractivity contribution is -0.114. The van der Waals surface area contributed by atoms with Crippen LogP contribution in [0.2, 0.25) is 0 Å². The Labute approximate surface area is 180 Å². The van der Waals surface area contributed by atoms with Gasteiger partial charge >= 0.3 is 0 Å². The van der Waals surface area contributed by atoms with E-state index in [0.29, 0.717) is 11.4 Å². The van der Waals surface area contributed by atoms with E-state index in [4.69, 9.17) is 4.74 Å². The third-order valence-electron chi connectivity index (χ3n) is 4.10. The van der Waals surface area contributed by atoms with E-state index in [1.165, 1.54) is 17.8 Å². The Balaban J connectivity index is 1.56. The van der Waals surface area contributed by atoms with Crippen molar-refractivity contribution in [2.45, 2.75) is 4.90 Å². The number of amides is 2. The summed E-state index contributed by atoms with van der Waals surface area (Å²) in [6.45, 7) is 0. The summed E-state index contributed by atoms with van der Waals surface area (Å²) in [5, 5.41) is 5.72. The number of hydrogen-bond donors (Lipinski definition) is 2. The summed E-state index contributed by atoms with van der Waals surface area (Å²) in [6, 6.07) is 24.2. The number of carbonyl (C=O) groups excluding carboxylic acids is 2. The highest BCUT2D eigenvalue weighted by atomic mass is 32.2. The molecule has 0 aliphatic heterocycles. The third-order valence-corrected chi connectivity index (χ3v) is 5.18. The van der Waals surface area contributed by atoms with Gasteiger partial charge in [0, 0.05) is 16.7 Å². The molecule has 5 nitrogen and oxygen atoms in total. The number of carbonyl (C=O) groups is 2. The smallest absolute Gasteiger partial charge is 0.248 e. The SMILES string of the molecule is COc1ccc(NC(=O)CSc2ccccc2NC(=O)/C=C\c2ccccc2)cc1. The molecule has 0 unspecified atom stereocenters. The predicted molar refractivity (Wildman–Crippen MR) is 123 cm³/mol. The Bertz CT molecular complexity index is 1020. The molecule has 3 rings (SSSR count). The Morgan fingerprint density at radius 3 is 2.33 bits per heavy atom. The van der Waals surface area contributed by atoms with Gasteiger partial charge in [-0.3, -0.25) is 9.59 Å². The summed E-state index contributed by atoms with van der Waals surface area (Å²) >= 11 is 1.36. The van der Waals surface area contributed by atoms with Gasteiger partial charge < -0.3 is 15.4 Å². The fraction of sp³-hybridized carbons (Fsp3) is 0.0833. The lowest BCUT2D eigenvalue weighted by Crippen LogP contribution is -2.14. The highest BCUT2D eigenvalue weighted by molar-refractivity contribution is 8.00. The molecular formula is C24H22N2O3S. The molecule has 0 aromatic heterocycles. The Hall–Kier alpha value is -3.51. The van der Waals surface area contributed by atoms with Gasteiger partial charge in [0.15, 0.2) is 0 Å². The first-order chi connectivity index (χ1) is 14.6. The number of nitrogens with one attached hydrogen (secondary N) is 2. The molecule has 2 N–H and O–H groups in total. The molecule has 0 bridgehead atoms. The minimum atomic E-state index is -0.227. The molecule has 2 amide bonds. The van der Waals surface area contributed by atoms with Crippen LogP contribution in [0, 0.1) is 0 Å². The fourth-order valence-electron chi connectivity index (χ4n) is 2.62. The standard InChI is InChI=1S/C24H22N2O3S/c1-29-20-14-12-19(13-15-20)25-24(28)17-30-22-10-6-5-9-21(22)26-23(27)16-11-18-7-3-2-4-8-18/h2-16H,17H2,1H3,(H,25,28)(H,26,27)/b16-11-. The van der Waals surface area contributed by atoms with Crippen molar-refractivity contribution in [3.63, 3.8) is 0 Å². The van der Waals surface area contributed by atoms with Gasteiger partial charge in [0.05, 0.1) is 18.6 Å². The molecule has 0 heterocycles. The zero-order chi connectivity index (χ0) is 21.2. The van der Waals surface area contributed by atoms with Crippen LogP contribution in [0.4, 0.5) is 11.4 Å². The van der Waals surface area contributed by atoms with Crippen molar-refractivity contribution in [3.05, 3.63) is 90.5 Å². The largest absolute Gasteiger partial charge is 0.497 e. The number of hydrogen-bond acceptors (Lipinski definition) is 4. The lowest BCUT2D eigenvalue weighted by Gasteiger charge is -2.10. The highest BCUT2D eigenvalue weighted by Crippen LogP contribution is 2.27. The van der Waals surface area contributed by atoms with Crippen LogP contribution in [0.3, 0.4) is 0 Å². The summed E-state index contributed by atoms with van der Waals surface area (Å²) < 4.78 is 5.11. The maximum Gasteiger partial charge on any atom is 0.248 e. The minimum Gasteiger partial charge on any atom is -0.497 e. The number of para-hydroxylation sites is 1. The summed E-state index contributed by atoms with van der Waals surface area (Å²) in [5.41, 5.74) is 2.32. The van der Waals surface area contributed by atoms with Gasteiger partial charge in [-0.2, -0.15) is 0 Å². The second kappa shape index (κ2) is 10.9. The van der Waals surface area contributed by atoms with Crippen LogP contribution >= 0.6 is 11.8 Å². The summed E-state index contributed by atoms with van der Waals surface area (Å²) in [4.78, 5) is 25.4. The summed E-state index contributed by atoms with van der Waals surface area (Å²) in [7, 11) is 1.60. The van der Waals surface area contributed by atoms with Gasteiger partial charge in [0.1, 0.15) is 5.75 Å². The number of rotatable bonds is 8. The quantitative estimate of drug-likeness (QED) is 0.396. The second-order valence-corrected chi connectivity index (χ2v) is 7.31. The molecule has 3 aromatic rings. The molecule has 0 aliphatic rings. The van der Waals surface area contributed by atoms with Crippen LogP contribution < -0.4 is 15.4 Å². The highest BCUT2D eigenvalue weighted by Gasteiger charge is 2.09. The average Bonchev–Trinajstić information content (AvgIpc) is 2.78. The van der Waals surface area contributed by atoms with Crippen LogP contribution in [0.25, 0.3) is 6.08 Å². The number of thioether (sulfide) groups is 1. The van der Waals surface area contributed by atoms with Crippen LogP contribution in [-0.2, 0) is 9.59 Å². The van der Waals surface area contributed by atoms with Crippen molar-refractivity contribution in [2.75, 3.05) is 23.5 Å². The zero-order valence-electron chi connectivity index (χ0n) is 16.5. The van der Waals surface area contributed by atoms with Crippen molar-refractivity contribution in [2.24, 2.45) is 0 Å². The van der Waals surface area contributed by atoms with Crippen molar-refractivity contribution >= 4 is 41.0 Å². The normalized spacial score (nSPS) is 10.6. The molecule has 30 heavy (non-hydrogen) atoms. The number of anilines is 2. The second-order valence-electron chi connectivity index (χ2n) is 6.29. The molecule has 0 atom stereocenters. The van der Waals surface area contributed by atoms with Crippen molar-refractivity contribution in [3.8, 4) is 5.75 Å². The molecule has 0 saturated carbocycles. The van der Waals surface area contributed by atoms with Crippen LogP contribution in [-0.4, -0.2) is 24.7 Å². The van der Waals surface area contributed by atoms with Gasteiger partial charge in [0.2, 0.25) is 11.8 Å². The van der Waals surface area contributed by atoms with Gasteiger partial charge in [-0.15, -0.1) is 11.8 Å². The van der Waals surface area contributed by atoms with E-state index in [1.54, 1.807) is 37.5 Å². The van der Waals surface area contributed by atoms with E-state index in [2.05, 4.69) is 10.6 Å². The van der Waals surface area contributed by atoms with Gasteiger partial charge in [-0.1, -0.05) is 42.5 Å². The first-order valence-corrected chi connectivity index (χ1v) is 10.3. The molecule has 6 heteroatoms. The maximum atomic E-state index is 12.3. The van der Waals surface area contributed by atoms with Crippen LogP contribution in [0.15, 0.2) is 89.8 Å². The van der Waals surface area contributed by atoms with Gasteiger partial charge in [-0.05, 0) is 48.0 Å². The topological polar surface area (TPSA) is 67.4 Å². The Morgan fingerprint density at radius 2 is 1.60 bits per heavy atom. The van der Waals surface area contributed by atoms with Gasteiger partial charge in [-0.25, -0.2) is 0 Å². The molecular weight excluding hydrogens is 396 g/mol. The van der Waals surface area contributed by atoms with E-state index in [0.717, 1.165) is 16.2 Å². The lowest BCUT2D eigenvalue weighted by atomic mass is 10.2. The van der Waals surface area contributed by atoms with E-state index < -0.39 is 0 Å². The summed E-state index contributed by atoms with van der Waals surface area (Å²) in [5.74, 6) is 0.594. The molecule has 0 aliphatic carbocycles. The first kappa shape index (κ1) is 21.2. The molecule has 0 fully saturated rings. The molecule has 152 valence electrons.